The molecule has 0 saturated heterocycles. The van der Waals surface area contributed by atoms with Gasteiger partial charge in [-0.05, 0) is 12.0 Å². The van der Waals surface area contributed by atoms with Crippen LogP contribution in [-0.4, -0.2) is 51.3 Å². The Bertz CT molecular complexity index is 632. The summed E-state index contributed by atoms with van der Waals surface area (Å²) in [4.78, 5) is 43.2. The van der Waals surface area contributed by atoms with E-state index in [1.807, 2.05) is 0 Å². The molecular weight excluding hydrogens is 337 g/mol. The first-order valence-electron chi connectivity index (χ1n) is 7.28. The predicted octanol–water partition coefficient (Wildman–Crippen LogP) is 0.934. The highest BCUT2D eigenvalue weighted by Crippen LogP contribution is 2.41. The van der Waals surface area contributed by atoms with Crippen LogP contribution in [-0.2, 0) is 25.4 Å². The summed E-state index contributed by atoms with van der Waals surface area (Å²) < 4.78 is 11.8. The van der Waals surface area contributed by atoms with E-state index in [1.165, 1.54) is 0 Å². The van der Waals surface area contributed by atoms with Crippen molar-refractivity contribution in [3.63, 3.8) is 0 Å². The minimum absolute atomic E-state index is 0.000417. The van der Waals surface area contributed by atoms with Crippen molar-refractivity contribution >= 4 is 25.2 Å². The first kappa shape index (κ1) is 19.9. The quantitative estimate of drug-likeness (QED) is 0.457. The summed E-state index contributed by atoms with van der Waals surface area (Å²) in [6, 6.07) is 7.44. The Morgan fingerprint density at radius 3 is 2.25 bits per heavy atom. The van der Waals surface area contributed by atoms with E-state index >= 15 is 0 Å². The average Bonchev–Trinajstić information content (AvgIpc) is 2.50. The first-order valence-corrected chi connectivity index (χ1v) is 9.31. The Hall–Kier alpha value is -2.18. The molecule has 2 unspecified atom stereocenters. The molecule has 0 radical (unpaired) electrons. The molecule has 0 aliphatic rings. The third-order valence-electron chi connectivity index (χ3n) is 3.28. The van der Waals surface area contributed by atoms with Gasteiger partial charge < -0.3 is 20.4 Å². The van der Waals surface area contributed by atoms with E-state index in [0.717, 1.165) is 0 Å². The Balaban J connectivity index is 2.55. The number of carbonyl (C=O) groups is 3. The van der Waals surface area contributed by atoms with Gasteiger partial charge in [-0.1, -0.05) is 30.3 Å². The van der Waals surface area contributed by atoms with Crippen molar-refractivity contribution in [2.75, 3.05) is 12.3 Å². The first-order chi connectivity index (χ1) is 11.2. The molecule has 0 bridgehead atoms. The number of hydrogen-bond donors (Lipinski definition) is 4. The molecule has 132 valence electrons. The zero-order chi connectivity index (χ0) is 18.2. The molecule has 24 heavy (non-hydrogen) atoms. The summed E-state index contributed by atoms with van der Waals surface area (Å²) in [5.74, 6) is -3.02. The molecule has 1 amide bonds. The second-order valence-corrected chi connectivity index (χ2v) is 7.93. The Labute approximate surface area is 139 Å². The third kappa shape index (κ3) is 7.89. The lowest BCUT2D eigenvalue weighted by Crippen LogP contribution is -2.42. The van der Waals surface area contributed by atoms with Gasteiger partial charge in [0.05, 0.1) is 12.8 Å². The molecule has 2 atom stereocenters. The van der Waals surface area contributed by atoms with Gasteiger partial charge in [-0.3, -0.25) is 14.2 Å². The highest BCUT2D eigenvalue weighted by molar-refractivity contribution is 7.58. The molecule has 0 aliphatic carbocycles. The second kappa shape index (κ2) is 9.20. The van der Waals surface area contributed by atoms with Crippen LogP contribution in [0.25, 0.3) is 0 Å². The molecule has 0 fully saturated rings. The second-order valence-electron chi connectivity index (χ2n) is 5.35. The van der Waals surface area contributed by atoms with Gasteiger partial charge in [0, 0.05) is 12.3 Å². The zero-order valence-corrected chi connectivity index (χ0v) is 13.8. The van der Waals surface area contributed by atoms with Crippen molar-refractivity contribution in [3.05, 3.63) is 35.9 Å². The van der Waals surface area contributed by atoms with Gasteiger partial charge in [0.25, 0.3) is 0 Å². The van der Waals surface area contributed by atoms with Crippen LogP contribution >= 0.6 is 7.37 Å². The number of nitrogens with one attached hydrogen (secondary N) is 1. The number of aliphatic carboxylic acids is 2. The van der Waals surface area contributed by atoms with Crippen molar-refractivity contribution in [2.45, 2.75) is 25.3 Å². The van der Waals surface area contributed by atoms with Gasteiger partial charge in [0.2, 0.25) is 13.3 Å². The van der Waals surface area contributed by atoms with E-state index in [-0.39, 0.29) is 19.0 Å². The molecule has 9 heteroatoms. The standard InChI is InChI=1S/C15H20NO7P/c17-13(10-11-4-2-1-3-5-11)16-12(15(20)21)6-8-24(22,23)9-7-14(18)19/h1-5,12H,6-10H2,(H,16,17)(H,18,19)(H,20,21)(H,22,23). The Morgan fingerprint density at radius 2 is 1.71 bits per heavy atom. The monoisotopic (exact) mass is 357 g/mol. The largest absolute Gasteiger partial charge is 0.481 e. The molecule has 0 heterocycles. The Morgan fingerprint density at radius 1 is 1.08 bits per heavy atom. The van der Waals surface area contributed by atoms with Gasteiger partial charge in [0.1, 0.15) is 6.04 Å². The molecule has 0 spiro atoms. The number of hydrogen-bond acceptors (Lipinski definition) is 4. The molecule has 0 aromatic heterocycles. The lowest BCUT2D eigenvalue weighted by Gasteiger charge is -2.17. The van der Waals surface area contributed by atoms with E-state index < -0.39 is 43.8 Å². The fraction of sp³-hybridized carbons (Fsp3) is 0.400. The average molecular weight is 357 g/mol. The van der Waals surface area contributed by atoms with Crippen molar-refractivity contribution < 1.29 is 34.1 Å². The van der Waals surface area contributed by atoms with E-state index in [1.54, 1.807) is 30.3 Å². The SMILES string of the molecule is O=C(O)CCP(=O)(O)CCC(NC(=O)Cc1ccccc1)C(=O)O. The van der Waals surface area contributed by atoms with Crippen LogP contribution in [0, 0.1) is 0 Å². The van der Waals surface area contributed by atoms with E-state index in [9.17, 15) is 23.8 Å². The molecule has 1 aromatic carbocycles. The van der Waals surface area contributed by atoms with Crippen LogP contribution < -0.4 is 5.32 Å². The van der Waals surface area contributed by atoms with Crippen molar-refractivity contribution in [1.29, 1.82) is 0 Å². The summed E-state index contributed by atoms with van der Waals surface area (Å²) in [6.07, 6.45) is -1.51. The smallest absolute Gasteiger partial charge is 0.326 e. The maximum atomic E-state index is 11.9. The summed E-state index contributed by atoms with van der Waals surface area (Å²) in [6.45, 7) is 0. The fourth-order valence-corrected chi connectivity index (χ4v) is 3.42. The molecule has 1 rings (SSSR count). The number of rotatable bonds is 10. The highest BCUT2D eigenvalue weighted by Gasteiger charge is 2.26. The third-order valence-corrected chi connectivity index (χ3v) is 5.16. The van der Waals surface area contributed by atoms with Gasteiger partial charge in [-0.25, -0.2) is 4.79 Å². The van der Waals surface area contributed by atoms with Crippen LogP contribution in [0.4, 0.5) is 0 Å². The number of carboxylic acids is 2. The maximum absolute atomic E-state index is 11.9. The highest BCUT2D eigenvalue weighted by atomic mass is 31.2. The van der Waals surface area contributed by atoms with Crippen LogP contribution in [0.1, 0.15) is 18.4 Å². The number of carbonyl (C=O) groups excluding carboxylic acids is 1. The molecule has 8 nitrogen and oxygen atoms in total. The van der Waals surface area contributed by atoms with Crippen LogP contribution in [0.5, 0.6) is 0 Å². The van der Waals surface area contributed by atoms with Crippen LogP contribution in [0.15, 0.2) is 30.3 Å². The minimum atomic E-state index is -3.75. The summed E-state index contributed by atoms with van der Waals surface area (Å²) in [7, 11) is -3.75. The normalized spacial score (nSPS) is 14.4. The van der Waals surface area contributed by atoms with E-state index in [0.29, 0.717) is 5.56 Å². The number of benzene rings is 1. The van der Waals surface area contributed by atoms with Crippen LogP contribution in [0.2, 0.25) is 0 Å². The lowest BCUT2D eigenvalue weighted by atomic mass is 10.1. The van der Waals surface area contributed by atoms with Crippen LogP contribution in [0.3, 0.4) is 0 Å². The fourth-order valence-electron chi connectivity index (χ4n) is 2.00. The van der Waals surface area contributed by atoms with Crippen molar-refractivity contribution in [3.8, 4) is 0 Å². The zero-order valence-electron chi connectivity index (χ0n) is 12.9. The topological polar surface area (TPSA) is 141 Å². The summed E-state index contributed by atoms with van der Waals surface area (Å²) in [5.41, 5.74) is 0.716. The van der Waals surface area contributed by atoms with Crippen molar-refractivity contribution in [2.24, 2.45) is 0 Å². The van der Waals surface area contributed by atoms with Gasteiger partial charge >= 0.3 is 11.9 Å². The van der Waals surface area contributed by atoms with Gasteiger partial charge in [-0.2, -0.15) is 0 Å². The maximum Gasteiger partial charge on any atom is 0.326 e. The number of carboxylic acid groups (broad SMARTS) is 2. The van der Waals surface area contributed by atoms with E-state index in [4.69, 9.17) is 10.2 Å². The summed E-state index contributed by atoms with van der Waals surface area (Å²) in [5, 5.41) is 20.0. The predicted molar refractivity (Wildman–Crippen MR) is 86.1 cm³/mol. The van der Waals surface area contributed by atoms with Gasteiger partial charge in [-0.15, -0.1) is 0 Å². The van der Waals surface area contributed by atoms with E-state index in [2.05, 4.69) is 5.32 Å². The number of amides is 1. The van der Waals surface area contributed by atoms with Gasteiger partial charge in [0.15, 0.2) is 0 Å². The Kier molecular flexibility index (Phi) is 7.61. The lowest BCUT2D eigenvalue weighted by molar-refractivity contribution is -0.141. The summed E-state index contributed by atoms with van der Waals surface area (Å²) >= 11 is 0. The van der Waals surface area contributed by atoms with Crippen molar-refractivity contribution in [1.82, 2.24) is 5.32 Å². The molecule has 0 saturated carbocycles. The molecule has 0 aliphatic heterocycles. The molecule has 1 aromatic rings. The minimum Gasteiger partial charge on any atom is -0.481 e. The molecule has 4 N–H and O–H groups in total. The molecular formula is C15H20NO7P.